The number of aryl methyl sites for hydroxylation is 1. The van der Waals surface area contributed by atoms with E-state index in [0.717, 1.165) is 18.4 Å². The molecule has 1 aliphatic carbocycles. The number of hydrogen-bond acceptors (Lipinski definition) is 2. The van der Waals surface area contributed by atoms with Gasteiger partial charge in [0.2, 0.25) is 0 Å². The summed E-state index contributed by atoms with van der Waals surface area (Å²) in [5.74, 6) is 0.0503. The van der Waals surface area contributed by atoms with Gasteiger partial charge in [-0.2, -0.15) is 0 Å². The first-order valence-corrected chi connectivity index (χ1v) is 8.57. The third kappa shape index (κ3) is 2.32. The van der Waals surface area contributed by atoms with Crippen molar-refractivity contribution in [3.05, 3.63) is 76.9 Å². The highest BCUT2D eigenvalue weighted by molar-refractivity contribution is 5.87. The van der Waals surface area contributed by atoms with Gasteiger partial charge in [-0.25, -0.2) is 4.79 Å². The van der Waals surface area contributed by atoms with E-state index in [2.05, 4.69) is 42.6 Å². The molecule has 3 atom stereocenters. The normalized spacial score (nSPS) is 24.1. The fraction of sp³-hybridized carbons (Fsp3) is 0.286. The summed E-state index contributed by atoms with van der Waals surface area (Å²) in [5.41, 5.74) is 5.51. The predicted molar refractivity (Wildman–Crippen MR) is 95.6 cm³/mol. The van der Waals surface area contributed by atoms with Crippen LogP contribution in [0.4, 0.5) is 5.69 Å². The van der Waals surface area contributed by atoms with E-state index in [0.29, 0.717) is 17.4 Å². The van der Waals surface area contributed by atoms with Gasteiger partial charge in [0.1, 0.15) is 0 Å². The number of aromatic carboxylic acids is 1. The molecule has 2 aromatic carbocycles. The van der Waals surface area contributed by atoms with Gasteiger partial charge in [-0.05, 0) is 47.6 Å². The lowest BCUT2D eigenvalue weighted by atomic mass is 9.76. The summed E-state index contributed by atoms with van der Waals surface area (Å²) in [4.78, 5) is 11.1. The number of rotatable bonds is 3. The molecule has 0 spiro atoms. The van der Waals surface area contributed by atoms with Gasteiger partial charge in [-0.15, -0.1) is 0 Å². The molecule has 0 bridgehead atoms. The Morgan fingerprint density at radius 1 is 1.21 bits per heavy atom. The van der Waals surface area contributed by atoms with Crippen LogP contribution >= 0.6 is 0 Å². The maximum absolute atomic E-state index is 11.1. The summed E-state index contributed by atoms with van der Waals surface area (Å²) < 4.78 is 0. The van der Waals surface area contributed by atoms with Crippen LogP contribution in [0.15, 0.2) is 54.6 Å². The molecule has 0 fully saturated rings. The number of allylic oxidation sites excluding steroid dienone is 2. The SMILES string of the molecule is CCc1cccc2c1N[C@H](c1ccc(C(=O)O)cc1)C1CC=CC21. The van der Waals surface area contributed by atoms with Crippen LogP contribution in [0, 0.1) is 5.92 Å². The molecule has 1 heterocycles. The molecular weight excluding hydrogens is 298 g/mol. The van der Waals surface area contributed by atoms with Crippen molar-refractivity contribution in [2.75, 3.05) is 5.32 Å². The minimum atomic E-state index is -0.878. The van der Waals surface area contributed by atoms with Crippen LogP contribution in [0.25, 0.3) is 0 Å². The van der Waals surface area contributed by atoms with E-state index in [9.17, 15) is 4.79 Å². The van der Waals surface area contributed by atoms with Crippen molar-refractivity contribution in [3.63, 3.8) is 0 Å². The van der Waals surface area contributed by atoms with E-state index < -0.39 is 5.97 Å². The summed E-state index contributed by atoms with van der Waals surface area (Å²) in [6.07, 6.45) is 6.67. The summed E-state index contributed by atoms with van der Waals surface area (Å²) >= 11 is 0. The molecule has 2 unspecified atom stereocenters. The molecule has 0 saturated heterocycles. The Morgan fingerprint density at radius 3 is 2.71 bits per heavy atom. The highest BCUT2D eigenvalue weighted by atomic mass is 16.4. The summed E-state index contributed by atoms with van der Waals surface area (Å²) in [6, 6.07) is 14.1. The molecule has 24 heavy (non-hydrogen) atoms. The minimum absolute atomic E-state index is 0.216. The Bertz CT molecular complexity index is 807. The number of benzene rings is 2. The lowest BCUT2D eigenvalue weighted by Gasteiger charge is -2.38. The second kappa shape index (κ2) is 5.82. The molecule has 3 heteroatoms. The average Bonchev–Trinajstić information content (AvgIpc) is 3.10. The molecular formula is C21H21NO2. The number of hydrogen-bond donors (Lipinski definition) is 2. The van der Waals surface area contributed by atoms with Crippen LogP contribution in [0.5, 0.6) is 0 Å². The van der Waals surface area contributed by atoms with Crippen LogP contribution in [0.2, 0.25) is 0 Å². The zero-order valence-electron chi connectivity index (χ0n) is 13.7. The van der Waals surface area contributed by atoms with E-state index in [4.69, 9.17) is 5.11 Å². The van der Waals surface area contributed by atoms with Gasteiger partial charge in [0.15, 0.2) is 0 Å². The van der Waals surface area contributed by atoms with E-state index in [1.54, 1.807) is 12.1 Å². The van der Waals surface area contributed by atoms with Crippen LogP contribution in [-0.2, 0) is 6.42 Å². The predicted octanol–water partition coefficient (Wildman–Crippen LogP) is 4.77. The largest absolute Gasteiger partial charge is 0.478 e. The smallest absolute Gasteiger partial charge is 0.335 e. The highest BCUT2D eigenvalue weighted by Crippen LogP contribution is 2.50. The Balaban J connectivity index is 1.76. The van der Waals surface area contributed by atoms with E-state index in [1.807, 2.05) is 12.1 Å². The number of anilines is 1. The molecule has 2 aliphatic rings. The highest BCUT2D eigenvalue weighted by Gasteiger charge is 2.38. The van der Waals surface area contributed by atoms with Crippen LogP contribution in [0.1, 0.15) is 52.4 Å². The zero-order chi connectivity index (χ0) is 16.7. The van der Waals surface area contributed by atoms with E-state index >= 15 is 0 Å². The molecule has 4 rings (SSSR count). The fourth-order valence-electron chi connectivity index (χ4n) is 4.14. The number of para-hydroxylation sites is 1. The van der Waals surface area contributed by atoms with Gasteiger partial charge in [-0.1, -0.05) is 49.4 Å². The fourth-order valence-corrected chi connectivity index (χ4v) is 4.14. The number of carbonyl (C=O) groups is 1. The lowest BCUT2D eigenvalue weighted by Crippen LogP contribution is -2.29. The molecule has 2 aromatic rings. The maximum atomic E-state index is 11.1. The molecule has 0 amide bonds. The second-order valence-corrected chi connectivity index (χ2v) is 6.64. The van der Waals surface area contributed by atoms with Gasteiger partial charge in [0, 0.05) is 11.6 Å². The maximum Gasteiger partial charge on any atom is 0.335 e. The quantitative estimate of drug-likeness (QED) is 0.801. The van der Waals surface area contributed by atoms with Gasteiger partial charge >= 0.3 is 5.97 Å². The molecule has 0 radical (unpaired) electrons. The average molecular weight is 319 g/mol. The molecule has 2 N–H and O–H groups in total. The zero-order valence-corrected chi connectivity index (χ0v) is 13.7. The Kier molecular flexibility index (Phi) is 3.64. The Morgan fingerprint density at radius 2 is 2.00 bits per heavy atom. The summed E-state index contributed by atoms with van der Waals surface area (Å²) in [6.45, 7) is 2.19. The summed E-state index contributed by atoms with van der Waals surface area (Å²) in [7, 11) is 0. The first-order chi connectivity index (χ1) is 11.7. The van der Waals surface area contributed by atoms with Crippen molar-refractivity contribution in [1.29, 1.82) is 0 Å². The van der Waals surface area contributed by atoms with Crippen molar-refractivity contribution in [3.8, 4) is 0 Å². The Labute approximate surface area is 142 Å². The van der Waals surface area contributed by atoms with Crippen LogP contribution < -0.4 is 5.32 Å². The van der Waals surface area contributed by atoms with Crippen molar-refractivity contribution in [2.45, 2.75) is 31.7 Å². The van der Waals surface area contributed by atoms with Crippen molar-refractivity contribution in [2.24, 2.45) is 5.92 Å². The molecule has 0 aromatic heterocycles. The first kappa shape index (κ1) is 15.0. The molecule has 1 aliphatic heterocycles. The summed E-state index contributed by atoms with van der Waals surface area (Å²) in [5, 5.41) is 12.9. The van der Waals surface area contributed by atoms with Crippen molar-refractivity contribution >= 4 is 11.7 Å². The number of nitrogens with one attached hydrogen (secondary N) is 1. The first-order valence-electron chi connectivity index (χ1n) is 8.57. The second-order valence-electron chi connectivity index (χ2n) is 6.64. The number of carboxylic acid groups (broad SMARTS) is 1. The standard InChI is InChI=1S/C21H21NO2/c1-2-13-5-3-7-17-16-6-4-8-18(16)20(22-19(13)17)14-9-11-15(12-10-14)21(23)24/h3-7,9-12,16,18,20,22H,2,8H2,1H3,(H,23,24)/t16?,18?,20-/m1/s1. The monoisotopic (exact) mass is 319 g/mol. The van der Waals surface area contributed by atoms with Crippen molar-refractivity contribution in [1.82, 2.24) is 0 Å². The van der Waals surface area contributed by atoms with Gasteiger partial charge in [0.05, 0.1) is 11.6 Å². The van der Waals surface area contributed by atoms with Crippen molar-refractivity contribution < 1.29 is 9.90 Å². The third-order valence-corrected chi connectivity index (χ3v) is 5.38. The van der Waals surface area contributed by atoms with Crippen LogP contribution in [0.3, 0.4) is 0 Å². The molecule has 122 valence electrons. The minimum Gasteiger partial charge on any atom is -0.478 e. The molecule has 3 nitrogen and oxygen atoms in total. The lowest BCUT2D eigenvalue weighted by molar-refractivity contribution is 0.0697. The number of carboxylic acids is 1. The van der Waals surface area contributed by atoms with Gasteiger partial charge in [-0.3, -0.25) is 0 Å². The van der Waals surface area contributed by atoms with Gasteiger partial charge < -0.3 is 10.4 Å². The number of fused-ring (bicyclic) bond motifs is 3. The van der Waals surface area contributed by atoms with Crippen LogP contribution in [-0.4, -0.2) is 11.1 Å². The Hall–Kier alpha value is -2.55. The van der Waals surface area contributed by atoms with E-state index in [-0.39, 0.29) is 6.04 Å². The van der Waals surface area contributed by atoms with E-state index in [1.165, 1.54) is 16.8 Å². The molecule has 0 saturated carbocycles. The van der Waals surface area contributed by atoms with Gasteiger partial charge in [0.25, 0.3) is 0 Å². The third-order valence-electron chi connectivity index (χ3n) is 5.38. The topological polar surface area (TPSA) is 49.3 Å².